The maximum absolute atomic E-state index is 12.1. The standard InChI is InChI=1S/C21H21NO5/c1-13-9-17(26-12-19(23)22(2)3)21-16(11-20(24)27-18(21)10-13)14-5-7-15(25-4)8-6-14/h5-11H,12H2,1-4H3. The molecule has 0 unspecified atom stereocenters. The highest BCUT2D eigenvalue weighted by molar-refractivity contribution is 5.98. The van der Waals surface area contributed by atoms with Gasteiger partial charge in [-0.15, -0.1) is 0 Å². The van der Waals surface area contributed by atoms with E-state index < -0.39 is 5.63 Å². The maximum atomic E-state index is 12.1. The lowest BCUT2D eigenvalue weighted by molar-refractivity contribution is -0.130. The first-order chi connectivity index (χ1) is 12.9. The van der Waals surface area contributed by atoms with E-state index in [1.54, 1.807) is 27.3 Å². The monoisotopic (exact) mass is 367 g/mol. The number of ether oxygens (including phenoxy) is 2. The molecule has 3 rings (SSSR count). The third kappa shape index (κ3) is 3.95. The summed E-state index contributed by atoms with van der Waals surface area (Å²) in [7, 11) is 4.93. The zero-order chi connectivity index (χ0) is 19.6. The van der Waals surface area contributed by atoms with Gasteiger partial charge in [0.2, 0.25) is 0 Å². The first kappa shape index (κ1) is 18.5. The molecule has 140 valence electrons. The molecule has 0 spiro atoms. The van der Waals surface area contributed by atoms with Crippen LogP contribution in [0.25, 0.3) is 22.1 Å². The van der Waals surface area contributed by atoms with Crippen molar-refractivity contribution >= 4 is 16.9 Å². The highest BCUT2D eigenvalue weighted by Gasteiger charge is 2.16. The molecule has 1 aromatic heterocycles. The van der Waals surface area contributed by atoms with Gasteiger partial charge in [-0.25, -0.2) is 4.79 Å². The Labute approximate surface area is 156 Å². The molecular formula is C21H21NO5. The van der Waals surface area contributed by atoms with Gasteiger partial charge in [0, 0.05) is 25.7 Å². The van der Waals surface area contributed by atoms with E-state index in [1.807, 2.05) is 37.3 Å². The van der Waals surface area contributed by atoms with E-state index in [0.29, 0.717) is 22.3 Å². The summed E-state index contributed by atoms with van der Waals surface area (Å²) in [5, 5.41) is 0.650. The molecule has 6 heteroatoms. The Morgan fingerprint density at radius 1 is 1.11 bits per heavy atom. The van der Waals surface area contributed by atoms with Crippen molar-refractivity contribution in [2.24, 2.45) is 0 Å². The van der Waals surface area contributed by atoms with Crippen molar-refractivity contribution in [3.05, 3.63) is 58.4 Å². The SMILES string of the molecule is COc1ccc(-c2cc(=O)oc3cc(C)cc(OCC(=O)N(C)C)c23)cc1. The predicted octanol–water partition coefficient (Wildman–Crippen LogP) is 3.24. The summed E-state index contributed by atoms with van der Waals surface area (Å²) in [6.45, 7) is 1.77. The normalized spacial score (nSPS) is 10.7. The highest BCUT2D eigenvalue weighted by Crippen LogP contribution is 2.36. The van der Waals surface area contributed by atoms with Crippen LogP contribution in [0.3, 0.4) is 0 Å². The van der Waals surface area contributed by atoms with Gasteiger partial charge < -0.3 is 18.8 Å². The Balaban J connectivity index is 2.17. The van der Waals surface area contributed by atoms with Crippen molar-refractivity contribution in [3.63, 3.8) is 0 Å². The van der Waals surface area contributed by atoms with Gasteiger partial charge in [0.1, 0.15) is 17.1 Å². The zero-order valence-corrected chi connectivity index (χ0v) is 15.7. The van der Waals surface area contributed by atoms with Gasteiger partial charge in [0.25, 0.3) is 5.91 Å². The number of hydrogen-bond acceptors (Lipinski definition) is 5. The number of carbonyl (C=O) groups is 1. The zero-order valence-electron chi connectivity index (χ0n) is 15.7. The maximum Gasteiger partial charge on any atom is 0.336 e. The number of carbonyl (C=O) groups excluding carboxylic acids is 1. The van der Waals surface area contributed by atoms with Gasteiger partial charge >= 0.3 is 5.63 Å². The van der Waals surface area contributed by atoms with Crippen LogP contribution in [0.2, 0.25) is 0 Å². The molecule has 0 aliphatic carbocycles. The molecule has 1 amide bonds. The lowest BCUT2D eigenvalue weighted by atomic mass is 10.00. The topological polar surface area (TPSA) is 69.0 Å². The molecule has 2 aromatic carbocycles. The second kappa shape index (κ2) is 7.53. The number of methoxy groups -OCH3 is 1. The molecule has 0 radical (unpaired) electrons. The fourth-order valence-corrected chi connectivity index (χ4v) is 2.78. The minimum Gasteiger partial charge on any atom is -0.497 e. The average Bonchev–Trinajstić information content (AvgIpc) is 2.64. The van der Waals surface area contributed by atoms with Crippen LogP contribution in [0, 0.1) is 6.92 Å². The molecular weight excluding hydrogens is 346 g/mol. The Bertz CT molecular complexity index is 1030. The van der Waals surface area contributed by atoms with Gasteiger partial charge in [-0.1, -0.05) is 12.1 Å². The predicted molar refractivity (Wildman–Crippen MR) is 103 cm³/mol. The second-order valence-corrected chi connectivity index (χ2v) is 6.42. The Kier molecular flexibility index (Phi) is 5.16. The van der Waals surface area contributed by atoms with Gasteiger partial charge in [0.15, 0.2) is 6.61 Å². The fraction of sp³-hybridized carbons (Fsp3) is 0.238. The lowest BCUT2D eigenvalue weighted by Gasteiger charge is -2.15. The molecule has 0 saturated carbocycles. The third-order valence-corrected chi connectivity index (χ3v) is 4.20. The molecule has 0 saturated heterocycles. The Hall–Kier alpha value is -3.28. The van der Waals surface area contributed by atoms with E-state index >= 15 is 0 Å². The first-order valence-corrected chi connectivity index (χ1v) is 8.45. The first-order valence-electron chi connectivity index (χ1n) is 8.45. The number of likely N-dealkylation sites (N-methyl/N-ethyl adjacent to an activating group) is 1. The van der Waals surface area contributed by atoms with Gasteiger partial charge in [-0.05, 0) is 42.3 Å². The number of amides is 1. The van der Waals surface area contributed by atoms with Crippen LogP contribution in [0.15, 0.2) is 51.7 Å². The smallest absolute Gasteiger partial charge is 0.336 e. The Morgan fingerprint density at radius 2 is 1.81 bits per heavy atom. The summed E-state index contributed by atoms with van der Waals surface area (Å²) in [4.78, 5) is 25.5. The summed E-state index contributed by atoms with van der Waals surface area (Å²) in [5.41, 5.74) is 2.33. The van der Waals surface area contributed by atoms with Gasteiger partial charge in [-0.2, -0.15) is 0 Å². The summed E-state index contributed by atoms with van der Waals surface area (Å²) in [6, 6.07) is 12.4. The number of hydrogen-bond donors (Lipinski definition) is 0. The summed E-state index contributed by atoms with van der Waals surface area (Å²) in [5.74, 6) is 1.05. The van der Waals surface area contributed by atoms with Crippen molar-refractivity contribution in [1.82, 2.24) is 4.90 Å². The van der Waals surface area contributed by atoms with E-state index in [2.05, 4.69) is 0 Å². The van der Waals surface area contributed by atoms with Crippen LogP contribution in [0.1, 0.15) is 5.56 Å². The lowest BCUT2D eigenvalue weighted by Crippen LogP contribution is -2.27. The van der Waals surface area contributed by atoms with Crippen molar-refractivity contribution < 1.29 is 18.7 Å². The number of benzene rings is 2. The van der Waals surface area contributed by atoms with Crippen LogP contribution >= 0.6 is 0 Å². The van der Waals surface area contributed by atoms with Crippen molar-refractivity contribution in [1.29, 1.82) is 0 Å². The van der Waals surface area contributed by atoms with Crippen molar-refractivity contribution in [2.75, 3.05) is 27.8 Å². The molecule has 0 aliphatic heterocycles. The van der Waals surface area contributed by atoms with E-state index in [-0.39, 0.29) is 12.5 Å². The quantitative estimate of drug-likeness (QED) is 0.648. The van der Waals surface area contributed by atoms with Crippen molar-refractivity contribution in [3.8, 4) is 22.6 Å². The largest absolute Gasteiger partial charge is 0.497 e. The molecule has 0 N–H and O–H groups in total. The molecule has 27 heavy (non-hydrogen) atoms. The van der Waals surface area contributed by atoms with Crippen molar-refractivity contribution in [2.45, 2.75) is 6.92 Å². The third-order valence-electron chi connectivity index (χ3n) is 4.20. The Morgan fingerprint density at radius 3 is 2.44 bits per heavy atom. The van der Waals surface area contributed by atoms with Crippen LogP contribution in [-0.4, -0.2) is 38.6 Å². The fourth-order valence-electron chi connectivity index (χ4n) is 2.78. The van der Waals surface area contributed by atoms with E-state index in [4.69, 9.17) is 13.9 Å². The molecule has 6 nitrogen and oxygen atoms in total. The minimum atomic E-state index is -0.450. The highest BCUT2D eigenvalue weighted by atomic mass is 16.5. The molecule has 0 aliphatic rings. The molecule has 0 fully saturated rings. The number of aryl methyl sites for hydroxylation is 1. The van der Waals surface area contributed by atoms with Gasteiger partial charge in [0.05, 0.1) is 12.5 Å². The summed E-state index contributed by atoms with van der Waals surface area (Å²) >= 11 is 0. The second-order valence-electron chi connectivity index (χ2n) is 6.42. The van der Waals surface area contributed by atoms with E-state index in [1.165, 1.54) is 11.0 Å². The van der Waals surface area contributed by atoms with E-state index in [0.717, 1.165) is 16.9 Å². The summed E-state index contributed by atoms with van der Waals surface area (Å²) in [6.07, 6.45) is 0. The van der Waals surface area contributed by atoms with Gasteiger partial charge in [-0.3, -0.25) is 4.79 Å². The number of nitrogens with zero attached hydrogens (tertiary/aromatic N) is 1. The van der Waals surface area contributed by atoms with Crippen LogP contribution in [0.5, 0.6) is 11.5 Å². The van der Waals surface area contributed by atoms with Crippen LogP contribution in [-0.2, 0) is 4.79 Å². The minimum absolute atomic E-state index is 0.104. The molecule has 1 heterocycles. The molecule has 3 aromatic rings. The summed E-state index contributed by atoms with van der Waals surface area (Å²) < 4.78 is 16.4. The molecule has 0 atom stereocenters. The number of fused-ring (bicyclic) bond motifs is 1. The van der Waals surface area contributed by atoms with Crippen LogP contribution in [0.4, 0.5) is 0 Å². The number of rotatable bonds is 5. The average molecular weight is 367 g/mol. The van der Waals surface area contributed by atoms with Crippen LogP contribution < -0.4 is 15.1 Å². The van der Waals surface area contributed by atoms with E-state index in [9.17, 15) is 9.59 Å². The molecule has 0 bridgehead atoms.